The van der Waals surface area contributed by atoms with Gasteiger partial charge in [0.05, 0.1) is 12.1 Å². The normalized spacial score (nSPS) is 19.6. The number of hydrogen-bond acceptors (Lipinski definition) is 6. The van der Waals surface area contributed by atoms with Gasteiger partial charge >= 0.3 is 0 Å². The van der Waals surface area contributed by atoms with Crippen LogP contribution in [-0.2, 0) is 12.1 Å². The van der Waals surface area contributed by atoms with Gasteiger partial charge in [-0.15, -0.1) is 0 Å². The first-order chi connectivity index (χ1) is 16.6. The quantitative estimate of drug-likeness (QED) is 0.558. The number of nitrogens with one attached hydrogen (secondary N) is 3. The summed E-state index contributed by atoms with van der Waals surface area (Å²) >= 11 is 0. The molecule has 0 bridgehead atoms. The Balaban J connectivity index is 1.28. The third kappa shape index (κ3) is 3.53. The number of fused-ring (bicyclic) bond motifs is 4. The highest BCUT2D eigenvalue weighted by Gasteiger charge is 2.41. The molecule has 1 spiro atoms. The standard InChI is InChI=1S/C26H31N7O/c1-18-26(9-3-2-4-10-26)33-22(17-28-18)15-20-16-29-25(31-23(20)33)30-21-7-5-19(6-8-21)24(34)32-13-11-27-12-14-32/h5-8,15-16,27-28H,1-4,9-14,17H2,(H,29,30,31). The van der Waals surface area contributed by atoms with Crippen molar-refractivity contribution in [2.45, 2.75) is 44.2 Å². The first-order valence-corrected chi connectivity index (χ1v) is 12.3. The fourth-order valence-corrected chi connectivity index (χ4v) is 5.75. The summed E-state index contributed by atoms with van der Waals surface area (Å²) in [7, 11) is 0. The summed E-state index contributed by atoms with van der Waals surface area (Å²) in [5.74, 6) is 0.641. The average molecular weight is 458 g/mol. The second-order valence-corrected chi connectivity index (χ2v) is 9.61. The Morgan fingerprint density at radius 2 is 1.85 bits per heavy atom. The predicted molar refractivity (Wildman–Crippen MR) is 133 cm³/mol. The molecule has 6 rings (SSSR count). The Morgan fingerprint density at radius 3 is 2.62 bits per heavy atom. The summed E-state index contributed by atoms with van der Waals surface area (Å²) in [5, 5.41) is 11.2. The Labute approximate surface area is 199 Å². The van der Waals surface area contributed by atoms with Crippen molar-refractivity contribution in [3.05, 3.63) is 60.1 Å². The van der Waals surface area contributed by atoms with E-state index in [1.54, 1.807) is 0 Å². The SMILES string of the molecule is C=C1NCc2cc3cnc(Nc4ccc(C(=O)N5CCNCC5)cc4)nc3n2C12CCCCC2. The van der Waals surface area contributed by atoms with Crippen LogP contribution in [0.4, 0.5) is 11.6 Å². The lowest BCUT2D eigenvalue weighted by Gasteiger charge is -2.45. The Hall–Kier alpha value is -3.39. The second-order valence-electron chi connectivity index (χ2n) is 9.61. The lowest BCUT2D eigenvalue weighted by Crippen LogP contribution is -2.47. The zero-order valence-electron chi connectivity index (χ0n) is 19.4. The molecule has 34 heavy (non-hydrogen) atoms. The largest absolute Gasteiger partial charge is 0.381 e. The van der Waals surface area contributed by atoms with Gasteiger partial charge < -0.3 is 25.4 Å². The van der Waals surface area contributed by atoms with Crippen molar-refractivity contribution in [3.8, 4) is 0 Å². The zero-order valence-corrected chi connectivity index (χ0v) is 19.4. The van der Waals surface area contributed by atoms with E-state index in [1.165, 1.54) is 25.0 Å². The number of aromatic nitrogens is 3. The number of carbonyl (C=O) groups is 1. The number of carbonyl (C=O) groups excluding carboxylic acids is 1. The maximum absolute atomic E-state index is 12.7. The molecule has 3 aliphatic rings. The lowest BCUT2D eigenvalue weighted by atomic mass is 9.78. The number of rotatable bonds is 3. The average Bonchev–Trinajstić information content (AvgIpc) is 3.26. The van der Waals surface area contributed by atoms with Crippen molar-refractivity contribution >= 4 is 28.6 Å². The van der Waals surface area contributed by atoms with Gasteiger partial charge in [-0.1, -0.05) is 25.8 Å². The lowest BCUT2D eigenvalue weighted by molar-refractivity contribution is 0.0736. The molecule has 2 aromatic heterocycles. The summed E-state index contributed by atoms with van der Waals surface area (Å²) in [6, 6.07) is 9.79. The van der Waals surface area contributed by atoms with Gasteiger partial charge in [-0.2, -0.15) is 4.98 Å². The summed E-state index contributed by atoms with van der Waals surface area (Å²) in [6.07, 6.45) is 7.76. The van der Waals surface area contributed by atoms with E-state index in [4.69, 9.17) is 4.98 Å². The highest BCUT2D eigenvalue weighted by molar-refractivity contribution is 5.94. The van der Waals surface area contributed by atoms with E-state index in [0.29, 0.717) is 11.5 Å². The van der Waals surface area contributed by atoms with Crippen LogP contribution in [-0.4, -0.2) is 51.5 Å². The molecular formula is C26H31N7O. The summed E-state index contributed by atoms with van der Waals surface area (Å²) in [6.45, 7) is 8.35. The molecule has 1 amide bonds. The minimum atomic E-state index is -0.106. The number of hydrogen-bond donors (Lipinski definition) is 3. The third-order valence-electron chi connectivity index (χ3n) is 7.56. The van der Waals surface area contributed by atoms with Crippen LogP contribution in [0.25, 0.3) is 11.0 Å². The topological polar surface area (TPSA) is 87.1 Å². The summed E-state index contributed by atoms with van der Waals surface area (Å²) in [5.41, 5.74) is 4.77. The Morgan fingerprint density at radius 1 is 1.09 bits per heavy atom. The predicted octanol–water partition coefficient (Wildman–Crippen LogP) is 3.50. The van der Waals surface area contributed by atoms with Crippen molar-refractivity contribution in [3.63, 3.8) is 0 Å². The van der Waals surface area contributed by atoms with Gasteiger partial charge in [0.25, 0.3) is 5.91 Å². The van der Waals surface area contributed by atoms with Crippen molar-refractivity contribution in [2.75, 3.05) is 31.5 Å². The van der Waals surface area contributed by atoms with Gasteiger partial charge in [0, 0.05) is 60.4 Å². The maximum Gasteiger partial charge on any atom is 0.253 e. The van der Waals surface area contributed by atoms with Crippen LogP contribution in [0.1, 0.15) is 48.2 Å². The Kier molecular flexibility index (Phi) is 5.25. The molecular weight excluding hydrogens is 426 g/mol. The van der Waals surface area contributed by atoms with E-state index in [0.717, 1.165) is 68.0 Å². The van der Waals surface area contributed by atoms with Crippen LogP contribution >= 0.6 is 0 Å². The fourth-order valence-electron chi connectivity index (χ4n) is 5.75. The fraction of sp³-hybridized carbons (Fsp3) is 0.423. The van der Waals surface area contributed by atoms with Gasteiger partial charge in [0.2, 0.25) is 5.95 Å². The number of nitrogens with zero attached hydrogens (tertiary/aromatic N) is 4. The molecule has 4 heterocycles. The van der Waals surface area contributed by atoms with Gasteiger partial charge in [-0.05, 0) is 43.2 Å². The minimum Gasteiger partial charge on any atom is -0.381 e. The minimum absolute atomic E-state index is 0.0807. The summed E-state index contributed by atoms with van der Waals surface area (Å²) < 4.78 is 2.42. The van der Waals surface area contributed by atoms with E-state index in [2.05, 4.69) is 38.1 Å². The van der Waals surface area contributed by atoms with Crippen molar-refractivity contribution < 1.29 is 4.79 Å². The van der Waals surface area contributed by atoms with Crippen LogP contribution in [0, 0.1) is 0 Å². The van der Waals surface area contributed by atoms with E-state index >= 15 is 0 Å². The third-order valence-corrected chi connectivity index (χ3v) is 7.56. The van der Waals surface area contributed by atoms with E-state index in [1.807, 2.05) is 35.4 Å². The molecule has 3 N–H and O–H groups in total. The molecule has 3 aromatic rings. The molecule has 0 atom stereocenters. The smallest absolute Gasteiger partial charge is 0.253 e. The second kappa shape index (κ2) is 8.43. The van der Waals surface area contributed by atoms with Crippen LogP contribution in [0.15, 0.2) is 48.8 Å². The number of anilines is 2. The molecule has 0 unspecified atom stereocenters. The molecule has 2 fully saturated rings. The van der Waals surface area contributed by atoms with Gasteiger partial charge in [0.1, 0.15) is 5.65 Å². The molecule has 1 saturated carbocycles. The molecule has 8 nitrogen and oxygen atoms in total. The molecule has 2 aliphatic heterocycles. The van der Waals surface area contributed by atoms with Crippen molar-refractivity contribution in [1.82, 2.24) is 30.1 Å². The summed E-state index contributed by atoms with van der Waals surface area (Å²) in [4.78, 5) is 24.2. The van der Waals surface area contributed by atoms with Crippen LogP contribution < -0.4 is 16.0 Å². The van der Waals surface area contributed by atoms with Crippen LogP contribution in [0.2, 0.25) is 0 Å². The van der Waals surface area contributed by atoms with E-state index < -0.39 is 0 Å². The number of amides is 1. The maximum atomic E-state index is 12.7. The van der Waals surface area contributed by atoms with Gasteiger partial charge in [0.15, 0.2) is 0 Å². The molecule has 1 aromatic carbocycles. The highest BCUT2D eigenvalue weighted by atomic mass is 16.2. The zero-order chi connectivity index (χ0) is 23.1. The first-order valence-electron chi connectivity index (χ1n) is 12.3. The molecule has 1 aliphatic carbocycles. The monoisotopic (exact) mass is 457 g/mol. The van der Waals surface area contributed by atoms with Crippen molar-refractivity contribution in [2.24, 2.45) is 0 Å². The van der Waals surface area contributed by atoms with E-state index in [-0.39, 0.29) is 11.4 Å². The van der Waals surface area contributed by atoms with Crippen LogP contribution in [0.3, 0.4) is 0 Å². The van der Waals surface area contributed by atoms with E-state index in [9.17, 15) is 4.79 Å². The number of benzene rings is 1. The first kappa shape index (κ1) is 21.2. The van der Waals surface area contributed by atoms with Crippen molar-refractivity contribution in [1.29, 1.82) is 0 Å². The molecule has 0 radical (unpaired) electrons. The molecule has 8 heteroatoms. The highest BCUT2D eigenvalue weighted by Crippen LogP contribution is 2.44. The number of allylic oxidation sites excluding steroid dienone is 1. The molecule has 176 valence electrons. The number of piperazine rings is 1. The van der Waals surface area contributed by atoms with Gasteiger partial charge in [-0.25, -0.2) is 4.98 Å². The molecule has 1 saturated heterocycles. The van der Waals surface area contributed by atoms with Crippen LogP contribution in [0.5, 0.6) is 0 Å². The Bertz CT molecular complexity index is 1230. The van der Waals surface area contributed by atoms with Gasteiger partial charge in [-0.3, -0.25) is 4.79 Å².